The van der Waals surface area contributed by atoms with E-state index < -0.39 is 0 Å². The number of benzene rings is 1. The number of nitrogens with two attached hydrogens (primary N) is 1. The first kappa shape index (κ1) is 11.7. The summed E-state index contributed by atoms with van der Waals surface area (Å²) in [6.07, 6.45) is 3.73. The lowest BCUT2D eigenvalue weighted by Crippen LogP contribution is -1.94. The van der Waals surface area contributed by atoms with Gasteiger partial charge in [-0.2, -0.15) is 5.10 Å². The van der Waals surface area contributed by atoms with Crippen molar-refractivity contribution in [1.29, 1.82) is 0 Å². The lowest BCUT2D eigenvalue weighted by Gasteiger charge is -2.06. The molecule has 0 saturated carbocycles. The molecule has 0 spiro atoms. The fraction of sp³-hybridized carbons (Fsp3) is 0.357. The van der Waals surface area contributed by atoms with Crippen molar-refractivity contribution in [2.24, 2.45) is 7.05 Å². The molecule has 0 amide bonds. The van der Waals surface area contributed by atoms with Crippen LogP contribution in [0.3, 0.4) is 0 Å². The first-order chi connectivity index (χ1) is 8.65. The molecule has 0 aliphatic heterocycles. The van der Waals surface area contributed by atoms with Crippen molar-refractivity contribution in [1.82, 2.24) is 9.78 Å². The molecule has 3 nitrogen and oxygen atoms in total. The molecule has 1 aromatic heterocycles. The lowest BCUT2D eigenvalue weighted by atomic mass is 10.1. The molecule has 18 heavy (non-hydrogen) atoms. The van der Waals surface area contributed by atoms with Crippen LogP contribution in [-0.4, -0.2) is 9.78 Å². The van der Waals surface area contributed by atoms with Crippen molar-refractivity contribution in [3.63, 3.8) is 0 Å². The van der Waals surface area contributed by atoms with Gasteiger partial charge in [-0.1, -0.05) is 17.8 Å². The topological polar surface area (TPSA) is 43.8 Å². The van der Waals surface area contributed by atoms with E-state index in [9.17, 15) is 0 Å². The maximum Gasteiger partial charge on any atom is 0.122 e. The van der Waals surface area contributed by atoms with Crippen molar-refractivity contribution < 1.29 is 0 Å². The van der Waals surface area contributed by atoms with E-state index in [1.807, 2.05) is 18.7 Å². The zero-order valence-electron chi connectivity index (χ0n) is 10.7. The van der Waals surface area contributed by atoms with E-state index in [2.05, 4.69) is 23.3 Å². The summed E-state index contributed by atoms with van der Waals surface area (Å²) < 4.78 is 1.86. The molecule has 0 saturated heterocycles. The molecule has 1 aromatic carbocycles. The van der Waals surface area contributed by atoms with Crippen LogP contribution in [0.25, 0.3) is 0 Å². The molecule has 3 rings (SSSR count). The molecule has 0 radical (unpaired) electrons. The highest BCUT2D eigenvalue weighted by atomic mass is 32.2. The molecule has 4 heteroatoms. The fourth-order valence-electron chi connectivity index (χ4n) is 2.50. The molecule has 2 aromatic rings. The first-order valence-corrected chi connectivity index (χ1v) is 7.05. The average molecular weight is 259 g/mol. The molecule has 0 bridgehead atoms. The monoisotopic (exact) mass is 259 g/mol. The summed E-state index contributed by atoms with van der Waals surface area (Å²) in [7, 11) is 1.94. The summed E-state index contributed by atoms with van der Waals surface area (Å²) in [6.45, 7) is 1.95. The number of nitrogen functional groups attached to an aromatic ring is 1. The standard InChI is InChI=1S/C14H17N3S/c1-9-13(15)14(17(2)16-9)18-12-7-6-10-4-3-5-11(10)8-12/h6-8H,3-5,15H2,1-2H3. The Bertz CT molecular complexity index is 601. The van der Waals surface area contributed by atoms with Gasteiger partial charge in [0.05, 0.1) is 11.4 Å². The smallest absolute Gasteiger partial charge is 0.122 e. The number of nitrogens with zero attached hydrogens (tertiary/aromatic N) is 2. The van der Waals surface area contributed by atoms with Gasteiger partial charge < -0.3 is 5.73 Å². The van der Waals surface area contributed by atoms with E-state index >= 15 is 0 Å². The van der Waals surface area contributed by atoms with E-state index in [1.54, 1.807) is 11.8 Å². The summed E-state index contributed by atoms with van der Waals surface area (Å²) in [5, 5.41) is 5.38. The van der Waals surface area contributed by atoms with Gasteiger partial charge in [0.15, 0.2) is 0 Å². The number of aromatic nitrogens is 2. The molecule has 0 atom stereocenters. The number of hydrogen-bond donors (Lipinski definition) is 1. The normalized spacial score (nSPS) is 13.9. The largest absolute Gasteiger partial charge is 0.395 e. The van der Waals surface area contributed by atoms with Crippen molar-refractivity contribution in [2.45, 2.75) is 36.1 Å². The van der Waals surface area contributed by atoms with Gasteiger partial charge in [-0.25, -0.2) is 0 Å². The average Bonchev–Trinajstić information content (AvgIpc) is 2.89. The highest BCUT2D eigenvalue weighted by molar-refractivity contribution is 7.99. The number of rotatable bonds is 2. The van der Waals surface area contributed by atoms with Gasteiger partial charge in [-0.05, 0) is 49.4 Å². The van der Waals surface area contributed by atoms with Crippen molar-refractivity contribution >= 4 is 17.4 Å². The lowest BCUT2D eigenvalue weighted by molar-refractivity contribution is 0.693. The number of hydrogen-bond acceptors (Lipinski definition) is 3. The molecule has 1 aliphatic rings. The summed E-state index contributed by atoms with van der Waals surface area (Å²) >= 11 is 1.70. The van der Waals surface area contributed by atoms with Crippen LogP contribution < -0.4 is 5.73 Å². The minimum atomic E-state index is 0.794. The number of anilines is 1. The zero-order valence-corrected chi connectivity index (χ0v) is 11.5. The Labute approximate surface area is 111 Å². The second-order valence-electron chi connectivity index (χ2n) is 4.81. The second-order valence-corrected chi connectivity index (χ2v) is 5.88. The Morgan fingerprint density at radius 1 is 1.28 bits per heavy atom. The molecule has 1 aliphatic carbocycles. The number of fused-ring (bicyclic) bond motifs is 1. The summed E-state index contributed by atoms with van der Waals surface area (Å²) in [4.78, 5) is 1.25. The van der Waals surface area contributed by atoms with Crippen LogP contribution >= 0.6 is 11.8 Å². The van der Waals surface area contributed by atoms with Gasteiger partial charge in [0.2, 0.25) is 0 Å². The Balaban J connectivity index is 1.93. The minimum Gasteiger partial charge on any atom is -0.395 e. The van der Waals surface area contributed by atoms with E-state index in [1.165, 1.54) is 35.3 Å². The van der Waals surface area contributed by atoms with Gasteiger partial charge >= 0.3 is 0 Å². The van der Waals surface area contributed by atoms with Gasteiger partial charge in [0, 0.05) is 11.9 Å². The predicted molar refractivity (Wildman–Crippen MR) is 74.9 cm³/mol. The van der Waals surface area contributed by atoms with Crippen LogP contribution in [0.1, 0.15) is 23.2 Å². The van der Waals surface area contributed by atoms with Crippen LogP contribution in [-0.2, 0) is 19.9 Å². The third kappa shape index (κ3) is 1.90. The van der Waals surface area contributed by atoms with E-state index in [0.29, 0.717) is 0 Å². The predicted octanol–water partition coefficient (Wildman–Crippen LogP) is 2.95. The Morgan fingerprint density at radius 2 is 2.06 bits per heavy atom. The minimum absolute atomic E-state index is 0.794. The molecule has 94 valence electrons. The maximum atomic E-state index is 6.06. The third-order valence-corrected chi connectivity index (χ3v) is 4.67. The van der Waals surface area contributed by atoms with Gasteiger partial charge in [0.1, 0.15) is 5.03 Å². The summed E-state index contributed by atoms with van der Waals surface area (Å²) in [6, 6.07) is 6.75. The van der Waals surface area contributed by atoms with Crippen molar-refractivity contribution in [2.75, 3.05) is 5.73 Å². The maximum absolute atomic E-state index is 6.06. The summed E-state index contributed by atoms with van der Waals surface area (Å²) in [5.41, 5.74) is 10.8. The molecule has 2 N–H and O–H groups in total. The van der Waals surface area contributed by atoms with E-state index in [-0.39, 0.29) is 0 Å². The van der Waals surface area contributed by atoms with E-state index in [4.69, 9.17) is 5.73 Å². The highest BCUT2D eigenvalue weighted by Crippen LogP contribution is 2.35. The Kier molecular flexibility index (Phi) is 2.82. The Hall–Kier alpha value is -1.42. The molecule has 1 heterocycles. The number of aryl methyl sites for hydroxylation is 4. The molecular formula is C14H17N3S. The fourth-order valence-corrected chi connectivity index (χ4v) is 3.49. The van der Waals surface area contributed by atoms with Crippen LogP contribution in [0.15, 0.2) is 28.1 Å². The van der Waals surface area contributed by atoms with E-state index in [0.717, 1.165) is 16.4 Å². The summed E-state index contributed by atoms with van der Waals surface area (Å²) in [5.74, 6) is 0. The molecule has 0 fully saturated rings. The van der Waals surface area contributed by atoms with Gasteiger partial charge in [-0.3, -0.25) is 4.68 Å². The zero-order chi connectivity index (χ0) is 12.7. The molecule has 0 unspecified atom stereocenters. The SMILES string of the molecule is Cc1nn(C)c(Sc2ccc3c(c2)CCC3)c1N. The van der Waals surface area contributed by atoms with Gasteiger partial charge in [-0.15, -0.1) is 0 Å². The van der Waals surface area contributed by atoms with Crippen LogP contribution in [0.4, 0.5) is 5.69 Å². The van der Waals surface area contributed by atoms with Crippen LogP contribution in [0, 0.1) is 6.92 Å². The molecular weight excluding hydrogens is 242 g/mol. The van der Waals surface area contributed by atoms with Gasteiger partial charge in [0.25, 0.3) is 0 Å². The van der Waals surface area contributed by atoms with Crippen molar-refractivity contribution in [3.8, 4) is 0 Å². The second kappa shape index (κ2) is 4.35. The highest BCUT2D eigenvalue weighted by Gasteiger charge is 2.14. The quantitative estimate of drug-likeness (QED) is 0.901. The Morgan fingerprint density at radius 3 is 2.78 bits per heavy atom. The van der Waals surface area contributed by atoms with Crippen LogP contribution in [0.5, 0.6) is 0 Å². The van der Waals surface area contributed by atoms with Crippen molar-refractivity contribution in [3.05, 3.63) is 35.0 Å². The first-order valence-electron chi connectivity index (χ1n) is 6.24. The van der Waals surface area contributed by atoms with Crippen LogP contribution in [0.2, 0.25) is 0 Å². The third-order valence-electron chi connectivity index (χ3n) is 3.50.